The van der Waals surface area contributed by atoms with E-state index in [9.17, 15) is 0 Å². The molecule has 4 nitrogen and oxygen atoms in total. The molecule has 0 amide bonds. The summed E-state index contributed by atoms with van der Waals surface area (Å²) < 4.78 is 1.92. The summed E-state index contributed by atoms with van der Waals surface area (Å²) in [6.45, 7) is 0. The van der Waals surface area contributed by atoms with Gasteiger partial charge in [0.1, 0.15) is 16.5 Å². The second-order valence-electron chi connectivity index (χ2n) is 3.28. The Morgan fingerprint density at radius 2 is 2.06 bits per heavy atom. The molecule has 0 aromatic carbocycles. The first-order valence-corrected chi connectivity index (χ1v) is 5.13. The van der Waals surface area contributed by atoms with Gasteiger partial charge in [0, 0.05) is 12.4 Å². The van der Waals surface area contributed by atoms with Gasteiger partial charge in [0.25, 0.3) is 0 Å². The van der Waals surface area contributed by atoms with Gasteiger partial charge >= 0.3 is 0 Å². The van der Waals surface area contributed by atoms with Crippen molar-refractivity contribution in [2.75, 3.05) is 0 Å². The molecule has 78 valence electrons. The van der Waals surface area contributed by atoms with E-state index in [4.69, 9.17) is 11.6 Å². The largest absolute Gasteiger partial charge is 0.297 e. The van der Waals surface area contributed by atoms with Crippen molar-refractivity contribution in [3.8, 4) is 11.5 Å². The van der Waals surface area contributed by atoms with E-state index in [1.165, 1.54) is 0 Å². The average Bonchev–Trinajstić information content (AvgIpc) is 2.72. The highest BCUT2D eigenvalue weighted by Gasteiger charge is 2.07. The van der Waals surface area contributed by atoms with Crippen molar-refractivity contribution in [1.82, 2.24) is 19.4 Å². The number of imidazole rings is 1. The summed E-state index contributed by atoms with van der Waals surface area (Å²) in [5.41, 5.74) is 1.69. The number of halogens is 1. The highest BCUT2D eigenvalue weighted by Crippen LogP contribution is 2.17. The zero-order valence-electron chi connectivity index (χ0n) is 8.21. The van der Waals surface area contributed by atoms with Gasteiger partial charge in [-0.3, -0.25) is 4.40 Å². The fraction of sp³-hybridized carbons (Fsp3) is 0. The van der Waals surface area contributed by atoms with Crippen molar-refractivity contribution in [2.45, 2.75) is 0 Å². The predicted octanol–water partition coefficient (Wildman–Crippen LogP) is 2.44. The molecule has 0 spiro atoms. The lowest BCUT2D eigenvalue weighted by Crippen LogP contribution is -1.92. The van der Waals surface area contributed by atoms with Crippen LogP contribution in [0.2, 0.25) is 5.15 Å². The van der Waals surface area contributed by atoms with Crippen LogP contribution in [0.25, 0.3) is 17.2 Å². The normalized spacial score (nSPS) is 10.8. The van der Waals surface area contributed by atoms with Crippen molar-refractivity contribution in [1.29, 1.82) is 0 Å². The van der Waals surface area contributed by atoms with Gasteiger partial charge in [0.2, 0.25) is 0 Å². The van der Waals surface area contributed by atoms with Crippen LogP contribution in [0.4, 0.5) is 0 Å². The summed E-state index contributed by atoms with van der Waals surface area (Å²) in [6, 6.07) is 7.44. The quantitative estimate of drug-likeness (QED) is 0.603. The van der Waals surface area contributed by atoms with Crippen molar-refractivity contribution >= 4 is 17.2 Å². The van der Waals surface area contributed by atoms with Crippen molar-refractivity contribution in [3.05, 3.63) is 48.0 Å². The predicted molar refractivity (Wildman–Crippen MR) is 61.2 cm³/mol. The first-order chi connectivity index (χ1) is 7.84. The molecule has 0 bridgehead atoms. The molecule has 0 aliphatic rings. The molecule has 0 unspecified atom stereocenters. The fourth-order valence-electron chi connectivity index (χ4n) is 1.56. The summed E-state index contributed by atoms with van der Waals surface area (Å²) in [5.74, 6) is 0.575. The standard InChI is InChI=1S/C11H7ClN4/c12-9-4-5-13-11(15-9)8-7-14-10-3-1-2-6-16(8)10/h1-7H. The Bertz CT molecular complexity index is 647. The van der Waals surface area contributed by atoms with E-state index >= 15 is 0 Å². The minimum atomic E-state index is 0.427. The summed E-state index contributed by atoms with van der Waals surface area (Å²) in [7, 11) is 0. The van der Waals surface area contributed by atoms with E-state index in [1.54, 1.807) is 18.5 Å². The lowest BCUT2D eigenvalue weighted by molar-refractivity contribution is 1.11. The Labute approximate surface area is 96.6 Å². The van der Waals surface area contributed by atoms with Crippen molar-refractivity contribution in [2.24, 2.45) is 0 Å². The number of aromatic nitrogens is 4. The van der Waals surface area contributed by atoms with Gasteiger partial charge in [-0.05, 0) is 18.2 Å². The maximum Gasteiger partial charge on any atom is 0.179 e. The fourth-order valence-corrected chi connectivity index (χ4v) is 1.69. The molecule has 3 heterocycles. The van der Waals surface area contributed by atoms with Crippen molar-refractivity contribution in [3.63, 3.8) is 0 Å². The molecule has 0 radical (unpaired) electrons. The summed E-state index contributed by atoms with van der Waals surface area (Å²) in [5, 5.41) is 0.427. The van der Waals surface area contributed by atoms with Gasteiger partial charge in [0.15, 0.2) is 5.82 Å². The van der Waals surface area contributed by atoms with E-state index in [-0.39, 0.29) is 0 Å². The monoisotopic (exact) mass is 230 g/mol. The van der Waals surface area contributed by atoms with Crippen molar-refractivity contribution < 1.29 is 0 Å². The molecule has 0 saturated carbocycles. The average molecular weight is 231 g/mol. The summed E-state index contributed by atoms with van der Waals surface area (Å²) >= 11 is 5.83. The Morgan fingerprint density at radius 3 is 2.94 bits per heavy atom. The lowest BCUT2D eigenvalue weighted by atomic mass is 10.4. The third-order valence-corrected chi connectivity index (χ3v) is 2.48. The van der Waals surface area contributed by atoms with Gasteiger partial charge in [-0.1, -0.05) is 17.7 Å². The Kier molecular flexibility index (Phi) is 2.08. The molecular weight excluding hydrogens is 224 g/mol. The van der Waals surface area contributed by atoms with E-state index in [0.29, 0.717) is 11.0 Å². The van der Waals surface area contributed by atoms with Crippen LogP contribution >= 0.6 is 11.6 Å². The van der Waals surface area contributed by atoms with Crippen LogP contribution in [0.3, 0.4) is 0 Å². The molecule has 0 atom stereocenters. The van der Waals surface area contributed by atoms with Gasteiger partial charge in [-0.2, -0.15) is 0 Å². The van der Waals surface area contributed by atoms with Crippen LogP contribution in [0.1, 0.15) is 0 Å². The first-order valence-electron chi connectivity index (χ1n) is 4.75. The lowest BCUT2D eigenvalue weighted by Gasteiger charge is -1.99. The van der Waals surface area contributed by atoms with E-state index < -0.39 is 0 Å². The van der Waals surface area contributed by atoms with Gasteiger partial charge in [-0.15, -0.1) is 0 Å². The second-order valence-corrected chi connectivity index (χ2v) is 3.66. The summed E-state index contributed by atoms with van der Waals surface area (Å²) in [4.78, 5) is 12.6. The number of rotatable bonds is 1. The molecule has 16 heavy (non-hydrogen) atoms. The maximum atomic E-state index is 5.83. The number of hydrogen-bond donors (Lipinski definition) is 0. The van der Waals surface area contributed by atoms with Crippen LogP contribution < -0.4 is 0 Å². The molecule has 3 rings (SSSR count). The van der Waals surface area contributed by atoms with E-state index in [2.05, 4.69) is 15.0 Å². The van der Waals surface area contributed by atoms with E-state index in [1.807, 2.05) is 28.8 Å². The molecule has 5 heteroatoms. The number of nitrogens with zero attached hydrogens (tertiary/aromatic N) is 4. The minimum absolute atomic E-state index is 0.427. The zero-order valence-corrected chi connectivity index (χ0v) is 8.96. The van der Waals surface area contributed by atoms with Crippen LogP contribution in [-0.2, 0) is 0 Å². The molecule has 0 aliphatic carbocycles. The molecule has 0 N–H and O–H groups in total. The number of fused-ring (bicyclic) bond motifs is 1. The molecular formula is C11H7ClN4. The van der Waals surface area contributed by atoms with Crippen LogP contribution in [0.15, 0.2) is 42.9 Å². The summed E-state index contributed by atoms with van der Waals surface area (Å²) in [6.07, 6.45) is 5.29. The number of hydrogen-bond acceptors (Lipinski definition) is 3. The highest BCUT2D eigenvalue weighted by atomic mass is 35.5. The highest BCUT2D eigenvalue weighted by molar-refractivity contribution is 6.29. The number of pyridine rings is 1. The van der Waals surface area contributed by atoms with Crippen LogP contribution in [-0.4, -0.2) is 19.4 Å². The zero-order chi connectivity index (χ0) is 11.0. The Hall–Kier alpha value is -1.94. The molecule has 0 saturated heterocycles. The first kappa shape index (κ1) is 9.30. The smallest absolute Gasteiger partial charge is 0.179 e. The van der Waals surface area contributed by atoms with Gasteiger partial charge < -0.3 is 0 Å². The van der Waals surface area contributed by atoms with Gasteiger partial charge in [0.05, 0.1) is 6.20 Å². The third kappa shape index (κ3) is 1.44. The van der Waals surface area contributed by atoms with Gasteiger partial charge in [-0.25, -0.2) is 15.0 Å². The Morgan fingerprint density at radius 1 is 1.12 bits per heavy atom. The van der Waals surface area contributed by atoms with Crippen LogP contribution in [0, 0.1) is 0 Å². The molecule has 3 aromatic heterocycles. The minimum Gasteiger partial charge on any atom is -0.297 e. The molecule has 3 aromatic rings. The molecule has 0 fully saturated rings. The molecule has 0 aliphatic heterocycles. The third-order valence-electron chi connectivity index (χ3n) is 2.27. The maximum absolute atomic E-state index is 5.83. The van der Waals surface area contributed by atoms with E-state index in [0.717, 1.165) is 11.3 Å². The second kappa shape index (κ2) is 3.57. The van der Waals surface area contributed by atoms with Crippen LogP contribution in [0.5, 0.6) is 0 Å². The Balaban J connectivity index is 2.26. The topological polar surface area (TPSA) is 43.1 Å². The SMILES string of the molecule is Clc1ccnc(-c2cnc3ccccn23)n1.